The molecule has 0 radical (unpaired) electrons. The zero-order valence-corrected chi connectivity index (χ0v) is 13.3. The predicted octanol–water partition coefficient (Wildman–Crippen LogP) is 4.02. The lowest BCUT2D eigenvalue weighted by atomic mass is 10.0. The van der Waals surface area contributed by atoms with Crippen LogP contribution in [0.4, 0.5) is 0 Å². The Morgan fingerprint density at radius 1 is 0.955 bits per heavy atom. The number of hydrogen-bond acceptors (Lipinski definition) is 3. The van der Waals surface area contributed by atoms with Gasteiger partial charge in [0.25, 0.3) is 0 Å². The molecule has 0 amide bonds. The second-order valence-corrected chi connectivity index (χ2v) is 5.86. The third-order valence-corrected chi connectivity index (χ3v) is 3.72. The number of hydrogen-bond donors (Lipinski definition) is 2. The number of unbranched alkanes of at least 4 members (excludes halogenated alkanes) is 5. The Morgan fingerprint density at radius 3 is 2.18 bits per heavy atom. The first kappa shape index (κ1) is 18.2. The Hall–Kier alpha value is -1.84. The highest BCUT2D eigenvalue weighted by molar-refractivity contribution is 5.81. The number of carboxylic acids is 1. The Kier molecular flexibility index (Phi) is 8.26. The van der Waals surface area contributed by atoms with Gasteiger partial charge in [0.1, 0.15) is 11.5 Å². The topological polar surface area (TPSA) is 74.6 Å². The van der Waals surface area contributed by atoms with Gasteiger partial charge in [0.05, 0.1) is 0 Å². The van der Waals surface area contributed by atoms with Crippen molar-refractivity contribution in [2.45, 2.75) is 64.7 Å². The number of aliphatic carboxylic acids is 1. The van der Waals surface area contributed by atoms with Crippen LogP contribution in [-0.2, 0) is 16.0 Å². The number of carboxylic acid groups (broad SMARTS) is 1. The first-order valence-electron chi connectivity index (χ1n) is 8.01. The van der Waals surface area contributed by atoms with E-state index in [9.17, 15) is 14.7 Å². The number of aryl methyl sites for hydroxylation is 1. The molecule has 0 heterocycles. The highest BCUT2D eigenvalue weighted by Gasteiger charge is 2.08. The largest absolute Gasteiger partial charge is 0.508 e. The summed E-state index contributed by atoms with van der Waals surface area (Å²) in [4.78, 5) is 22.3. The molecule has 0 unspecified atom stereocenters. The third-order valence-electron chi connectivity index (χ3n) is 3.72. The SMILES string of the molecule is Cc1ccc(O)c(CC(=O)CCCCCCCCC(=O)O)c1. The Bertz CT molecular complexity index is 494. The number of phenolic OH excluding ortho intramolecular Hbond substituents is 1. The summed E-state index contributed by atoms with van der Waals surface area (Å²) in [5.74, 6) is -0.380. The lowest BCUT2D eigenvalue weighted by Gasteiger charge is -2.05. The fourth-order valence-corrected chi connectivity index (χ4v) is 2.46. The molecule has 0 aliphatic heterocycles. The van der Waals surface area contributed by atoms with Crippen molar-refractivity contribution in [3.05, 3.63) is 29.3 Å². The van der Waals surface area contributed by atoms with Crippen LogP contribution in [0.3, 0.4) is 0 Å². The quantitative estimate of drug-likeness (QED) is 0.606. The summed E-state index contributed by atoms with van der Waals surface area (Å²) < 4.78 is 0. The van der Waals surface area contributed by atoms with Crippen LogP contribution in [0.1, 0.15) is 62.5 Å². The van der Waals surface area contributed by atoms with Crippen LogP contribution in [0, 0.1) is 6.92 Å². The fourth-order valence-electron chi connectivity index (χ4n) is 2.46. The predicted molar refractivity (Wildman–Crippen MR) is 86.1 cm³/mol. The summed E-state index contributed by atoms with van der Waals surface area (Å²) >= 11 is 0. The van der Waals surface area contributed by atoms with Crippen LogP contribution in [0.15, 0.2) is 18.2 Å². The van der Waals surface area contributed by atoms with Gasteiger partial charge in [-0.2, -0.15) is 0 Å². The molecule has 2 N–H and O–H groups in total. The highest BCUT2D eigenvalue weighted by Crippen LogP contribution is 2.20. The van der Waals surface area contributed by atoms with Crippen LogP contribution in [0.25, 0.3) is 0 Å². The first-order valence-corrected chi connectivity index (χ1v) is 8.01. The van der Waals surface area contributed by atoms with Crippen molar-refractivity contribution in [2.75, 3.05) is 0 Å². The monoisotopic (exact) mass is 306 g/mol. The second kappa shape index (κ2) is 9.98. The minimum absolute atomic E-state index is 0.159. The van der Waals surface area contributed by atoms with E-state index in [1.54, 1.807) is 6.07 Å². The summed E-state index contributed by atoms with van der Waals surface area (Å²) in [5.41, 5.74) is 1.75. The van der Waals surface area contributed by atoms with Gasteiger partial charge in [-0.1, -0.05) is 43.4 Å². The molecule has 4 nitrogen and oxygen atoms in total. The van der Waals surface area contributed by atoms with Gasteiger partial charge in [-0.25, -0.2) is 0 Å². The van der Waals surface area contributed by atoms with Crippen molar-refractivity contribution < 1.29 is 19.8 Å². The zero-order valence-electron chi connectivity index (χ0n) is 13.3. The van der Waals surface area contributed by atoms with E-state index in [0.717, 1.165) is 44.1 Å². The van der Waals surface area contributed by atoms with Crippen molar-refractivity contribution in [2.24, 2.45) is 0 Å². The molecule has 1 aromatic carbocycles. The van der Waals surface area contributed by atoms with Crippen LogP contribution < -0.4 is 0 Å². The fraction of sp³-hybridized carbons (Fsp3) is 0.556. The van der Waals surface area contributed by atoms with Crippen molar-refractivity contribution in [1.82, 2.24) is 0 Å². The lowest BCUT2D eigenvalue weighted by Crippen LogP contribution is -2.03. The minimum atomic E-state index is -0.731. The van der Waals surface area contributed by atoms with Crippen molar-refractivity contribution in [3.63, 3.8) is 0 Å². The van der Waals surface area contributed by atoms with E-state index < -0.39 is 5.97 Å². The standard InChI is InChI=1S/C18H26O4/c1-14-10-11-17(20)15(12-14)13-16(19)8-6-4-2-3-5-7-9-18(21)22/h10-12,20H,2-9,13H2,1H3,(H,21,22). The third kappa shape index (κ3) is 7.81. The molecule has 0 bridgehead atoms. The van der Waals surface area contributed by atoms with Crippen molar-refractivity contribution in [1.29, 1.82) is 0 Å². The smallest absolute Gasteiger partial charge is 0.303 e. The minimum Gasteiger partial charge on any atom is -0.508 e. The number of phenols is 1. The van der Waals surface area contributed by atoms with Crippen LogP contribution in [0.2, 0.25) is 0 Å². The number of carbonyl (C=O) groups is 2. The van der Waals surface area contributed by atoms with E-state index in [4.69, 9.17) is 5.11 Å². The van der Waals surface area contributed by atoms with Gasteiger partial charge >= 0.3 is 5.97 Å². The van der Waals surface area contributed by atoms with E-state index in [1.807, 2.05) is 19.1 Å². The average molecular weight is 306 g/mol. The number of rotatable bonds is 11. The maximum absolute atomic E-state index is 11.9. The molecule has 0 saturated heterocycles. The molecule has 0 atom stereocenters. The number of ketones is 1. The van der Waals surface area contributed by atoms with E-state index in [1.165, 1.54) is 0 Å². The summed E-state index contributed by atoms with van der Waals surface area (Å²) in [7, 11) is 0. The molecule has 0 saturated carbocycles. The molecular formula is C18H26O4. The highest BCUT2D eigenvalue weighted by atomic mass is 16.4. The van der Waals surface area contributed by atoms with Crippen molar-refractivity contribution >= 4 is 11.8 Å². The molecule has 1 aromatic rings. The Labute approximate surface area is 132 Å². The summed E-state index contributed by atoms with van der Waals surface area (Å²) in [6.07, 6.45) is 6.71. The molecular weight excluding hydrogens is 280 g/mol. The van der Waals surface area contributed by atoms with Gasteiger partial charge in [0, 0.05) is 24.8 Å². The molecule has 0 aromatic heterocycles. The number of Topliss-reactive ketones (excluding diaryl/α,β-unsaturated/α-hetero) is 1. The summed E-state index contributed by atoms with van der Waals surface area (Å²) in [6, 6.07) is 5.32. The summed E-state index contributed by atoms with van der Waals surface area (Å²) in [5, 5.41) is 18.2. The van der Waals surface area contributed by atoms with E-state index in [0.29, 0.717) is 18.4 Å². The Morgan fingerprint density at radius 2 is 1.55 bits per heavy atom. The average Bonchev–Trinajstić information content (AvgIpc) is 2.45. The maximum Gasteiger partial charge on any atom is 0.303 e. The molecule has 1 rings (SSSR count). The molecule has 0 aliphatic rings. The Balaban J connectivity index is 2.11. The maximum atomic E-state index is 11.9. The first-order chi connectivity index (χ1) is 10.5. The number of carbonyl (C=O) groups excluding carboxylic acids is 1. The van der Waals surface area contributed by atoms with Gasteiger partial charge in [-0.05, 0) is 25.8 Å². The van der Waals surface area contributed by atoms with Crippen LogP contribution in [0.5, 0.6) is 5.75 Å². The number of benzene rings is 1. The van der Waals surface area contributed by atoms with Crippen LogP contribution >= 0.6 is 0 Å². The van der Waals surface area contributed by atoms with E-state index in [-0.39, 0.29) is 18.0 Å². The van der Waals surface area contributed by atoms with Gasteiger partial charge < -0.3 is 10.2 Å². The molecule has 22 heavy (non-hydrogen) atoms. The molecule has 0 fully saturated rings. The zero-order chi connectivity index (χ0) is 16.4. The van der Waals surface area contributed by atoms with Gasteiger partial charge in [-0.15, -0.1) is 0 Å². The van der Waals surface area contributed by atoms with Gasteiger partial charge in [-0.3, -0.25) is 9.59 Å². The second-order valence-electron chi connectivity index (χ2n) is 5.86. The van der Waals surface area contributed by atoms with Gasteiger partial charge in [0.15, 0.2) is 0 Å². The lowest BCUT2D eigenvalue weighted by molar-refractivity contribution is -0.137. The molecule has 4 heteroatoms. The normalized spacial score (nSPS) is 10.6. The van der Waals surface area contributed by atoms with Crippen molar-refractivity contribution in [3.8, 4) is 5.75 Å². The van der Waals surface area contributed by atoms with Crippen LogP contribution in [-0.4, -0.2) is 22.0 Å². The number of aromatic hydroxyl groups is 1. The molecule has 122 valence electrons. The molecule has 0 aliphatic carbocycles. The van der Waals surface area contributed by atoms with E-state index in [2.05, 4.69) is 0 Å². The van der Waals surface area contributed by atoms with Gasteiger partial charge in [0.2, 0.25) is 0 Å². The van der Waals surface area contributed by atoms with E-state index >= 15 is 0 Å². The molecule has 0 spiro atoms. The summed E-state index contributed by atoms with van der Waals surface area (Å²) in [6.45, 7) is 1.94.